The van der Waals surface area contributed by atoms with Crippen LogP contribution >= 0.6 is 0 Å². The molecular weight excluding hydrogens is 921 g/mol. The molecule has 0 aromatic rings. The molecule has 10 fully saturated rings. The minimum Gasteiger partial charge on any atom is -0.282 e. The highest BCUT2D eigenvalue weighted by Gasteiger charge is 2.74. The van der Waals surface area contributed by atoms with E-state index in [1.807, 2.05) is 0 Å². The fraction of sp³-hybridized carbons (Fsp3) is 0.826. The van der Waals surface area contributed by atoms with Gasteiger partial charge in [-0.2, -0.15) is 17.6 Å². The molecule has 8 bridgehead atoms. The van der Waals surface area contributed by atoms with Gasteiger partial charge in [0.1, 0.15) is 0 Å². The van der Waals surface area contributed by atoms with E-state index < -0.39 is 40.1 Å². The third-order valence-electron chi connectivity index (χ3n) is 21.3. The number of sulfonamides is 4. The molecule has 4 spiro atoms. The quantitative estimate of drug-likeness (QED) is 0.375. The van der Waals surface area contributed by atoms with Crippen molar-refractivity contribution >= 4 is 85.8 Å². The molecule has 10 saturated carbocycles. The van der Waals surface area contributed by atoms with Gasteiger partial charge in [-0.05, 0) is 85.9 Å². The summed E-state index contributed by atoms with van der Waals surface area (Å²) in [5.74, 6) is 1.43. The van der Waals surface area contributed by atoms with Crippen LogP contribution in [0.15, 0.2) is 37.6 Å². The van der Waals surface area contributed by atoms with Gasteiger partial charge in [0.2, 0.25) is 0 Å². The first-order chi connectivity index (χ1) is 30.5. The van der Waals surface area contributed by atoms with E-state index in [2.05, 4.69) is 73.0 Å². The van der Waals surface area contributed by atoms with Crippen LogP contribution in [0.3, 0.4) is 0 Å². The van der Waals surface area contributed by atoms with Crippen molar-refractivity contribution in [1.82, 2.24) is 0 Å². The van der Waals surface area contributed by atoms with E-state index in [0.717, 1.165) is 87.1 Å². The average Bonchev–Trinajstić information content (AvgIpc) is 3.38. The lowest BCUT2D eigenvalue weighted by Crippen LogP contribution is -2.38. The summed E-state index contributed by atoms with van der Waals surface area (Å²) in [7, 11) is -13.7. The second-order valence-electron chi connectivity index (χ2n) is 25.0. The van der Waals surface area contributed by atoms with Crippen molar-refractivity contribution in [2.45, 2.75) is 144 Å². The summed E-state index contributed by atoms with van der Waals surface area (Å²) in [4.78, 5) is 20.2. The summed E-state index contributed by atoms with van der Waals surface area (Å²) in [6.45, 7) is 17.4. The van der Waals surface area contributed by atoms with E-state index in [0.29, 0.717) is 22.8 Å². The lowest BCUT2D eigenvalue weighted by Gasteiger charge is -2.33. The molecule has 0 aromatic heterocycles. The molecule has 4 aliphatic heterocycles. The van der Waals surface area contributed by atoms with Crippen LogP contribution in [0, 0.1) is 67.0 Å². The molecule has 14 aliphatic rings. The Hall–Kier alpha value is -2.84. The second kappa shape index (κ2) is 12.0. The van der Waals surface area contributed by atoms with Crippen molar-refractivity contribution in [3.8, 4) is 0 Å². The molecule has 10 unspecified atom stereocenters. The Morgan fingerprint density at radius 3 is 0.758 bits per heavy atom. The Bertz CT molecular complexity index is 2740. The van der Waals surface area contributed by atoms with Gasteiger partial charge < -0.3 is 0 Å². The van der Waals surface area contributed by atoms with E-state index in [9.17, 15) is 33.7 Å². The van der Waals surface area contributed by atoms with Gasteiger partial charge in [-0.25, -0.2) is 33.7 Å². The predicted molar refractivity (Wildman–Crippen MR) is 255 cm³/mol. The maximum Gasteiger partial charge on any atom is 0.254 e. The summed E-state index contributed by atoms with van der Waals surface area (Å²) >= 11 is 0. The van der Waals surface area contributed by atoms with E-state index in [4.69, 9.17) is 20.0 Å². The summed E-state index contributed by atoms with van der Waals surface area (Å²) in [5, 5.41) is 0. The Kier molecular flexibility index (Phi) is 7.86. The molecule has 0 saturated heterocycles. The zero-order chi connectivity index (χ0) is 46.8. The highest BCUT2D eigenvalue weighted by Crippen LogP contribution is 2.69. The number of nitrogens with zero attached hydrogens (tertiary/aromatic N) is 8. The van der Waals surface area contributed by atoms with Crippen LogP contribution in [0.25, 0.3) is 0 Å². The minimum atomic E-state index is -3.43. The molecule has 14 rings (SSSR count). The summed E-state index contributed by atoms with van der Waals surface area (Å²) in [6, 6.07) is 0.0648. The highest BCUT2D eigenvalue weighted by molar-refractivity contribution is 7.91. The van der Waals surface area contributed by atoms with Crippen molar-refractivity contribution in [3.63, 3.8) is 0 Å². The number of hydrogen-bond donors (Lipinski definition) is 0. The van der Waals surface area contributed by atoms with Gasteiger partial charge in [-0.1, -0.05) is 55.4 Å². The second-order valence-corrected chi connectivity index (χ2v) is 31.6. The molecule has 16 nitrogen and oxygen atoms in total. The van der Waals surface area contributed by atoms with Gasteiger partial charge in [0.25, 0.3) is 40.1 Å². The van der Waals surface area contributed by atoms with Gasteiger partial charge in [0.05, 0.1) is 92.9 Å². The van der Waals surface area contributed by atoms with Crippen molar-refractivity contribution in [3.05, 3.63) is 0 Å². The molecule has 356 valence electrons. The number of fused-ring (bicyclic) bond motifs is 4. The van der Waals surface area contributed by atoms with Gasteiger partial charge in [-0.3, -0.25) is 20.0 Å². The minimum absolute atomic E-state index is 0.0162. The highest BCUT2D eigenvalue weighted by atomic mass is 32.2. The predicted octanol–water partition coefficient (Wildman–Crippen LogP) is 4.90. The van der Waals surface area contributed by atoms with Gasteiger partial charge in [0.15, 0.2) is 0 Å². The molecular formula is C46H60N8O8S4. The molecule has 12 atom stereocenters. The first-order valence-corrected chi connectivity index (χ1v) is 30.5. The van der Waals surface area contributed by atoms with E-state index in [1.165, 1.54) is 0 Å². The fourth-order valence-electron chi connectivity index (χ4n) is 16.9. The Balaban J connectivity index is 0.000000132. The third kappa shape index (κ3) is 5.06. The van der Waals surface area contributed by atoms with Gasteiger partial charge in [-0.15, -0.1) is 0 Å². The average molecular weight is 981 g/mol. The number of hydrogen-bond acceptors (Lipinski definition) is 12. The molecule has 0 N–H and O–H groups in total. The van der Waals surface area contributed by atoms with Gasteiger partial charge >= 0.3 is 0 Å². The van der Waals surface area contributed by atoms with Crippen LogP contribution in [-0.2, 0) is 40.1 Å². The van der Waals surface area contributed by atoms with Crippen LogP contribution in [0.5, 0.6) is 0 Å². The van der Waals surface area contributed by atoms with E-state index in [-0.39, 0.29) is 114 Å². The summed E-state index contributed by atoms with van der Waals surface area (Å²) < 4.78 is 116. The molecule has 0 amide bonds. The maximum atomic E-state index is 12.4. The van der Waals surface area contributed by atoms with E-state index >= 15 is 0 Å². The molecule has 0 radical (unpaired) electrons. The van der Waals surface area contributed by atoms with Crippen LogP contribution in [0.1, 0.15) is 120 Å². The number of rotatable bonds is 4. The van der Waals surface area contributed by atoms with Crippen LogP contribution in [0.2, 0.25) is 0 Å². The van der Waals surface area contributed by atoms with Gasteiger partial charge in [0, 0.05) is 45.3 Å². The normalized spacial score (nSPS) is 50.5. The van der Waals surface area contributed by atoms with Crippen molar-refractivity contribution in [2.75, 3.05) is 23.0 Å². The first-order valence-electron chi connectivity index (χ1n) is 24.1. The van der Waals surface area contributed by atoms with Crippen molar-refractivity contribution < 1.29 is 33.7 Å². The lowest BCUT2D eigenvalue weighted by atomic mass is 9.70. The maximum absolute atomic E-state index is 12.4. The standard InChI is InChI=1S/2C23H30N4O4S2/c2*1-20(2)12-5-7-22(20)10-32(28,29)26-18(22)16(12)24-14-9-15(14)25-17-13-6-8-23(21(13,3)4)11-33(30,31)27-19(17)23/h2*12-15H,5-11H2,1-4H3/t2*12?,13?,14-,15?,22?,23?/m10/s1. The van der Waals surface area contributed by atoms with Crippen molar-refractivity contribution in [1.29, 1.82) is 0 Å². The molecule has 66 heavy (non-hydrogen) atoms. The van der Waals surface area contributed by atoms with E-state index in [1.54, 1.807) is 0 Å². The van der Waals surface area contributed by atoms with Crippen LogP contribution < -0.4 is 0 Å². The molecule has 20 heteroatoms. The monoisotopic (exact) mass is 980 g/mol. The SMILES string of the molecule is CC1(C)C2CCC13CS(=O)(=O)N=C3C2=NC1C[C@@H]1N=C1C2=NS(=O)(=O)CC23CCC1C3(C)C.CC1(C)C2CCC13CS(=O)(=O)N=C3C2=NC1C[C@H]1N=C1C2=NS(=O)(=O)CC23CCC1C3(C)C. The Labute approximate surface area is 388 Å². The lowest BCUT2D eigenvalue weighted by molar-refractivity contribution is 0.213. The smallest absolute Gasteiger partial charge is 0.254 e. The number of aliphatic imine (C=N–C) groups is 4. The summed E-state index contributed by atoms with van der Waals surface area (Å²) in [6.07, 6.45) is 8.92. The Morgan fingerprint density at radius 2 is 0.561 bits per heavy atom. The first kappa shape index (κ1) is 43.2. The largest absolute Gasteiger partial charge is 0.282 e. The van der Waals surface area contributed by atoms with Crippen LogP contribution in [0.4, 0.5) is 0 Å². The summed E-state index contributed by atoms with van der Waals surface area (Å²) in [5.41, 5.74) is 4.27. The topological polar surface area (TPSA) is 235 Å². The molecule has 10 aliphatic carbocycles. The third-order valence-corrected chi connectivity index (χ3v) is 26.5. The molecule has 4 heterocycles. The van der Waals surface area contributed by atoms with Crippen LogP contribution in [-0.4, -0.2) is 127 Å². The fourth-order valence-corrected chi connectivity index (χ4v) is 24.4. The zero-order valence-electron chi connectivity index (χ0n) is 39.0. The Morgan fingerprint density at radius 1 is 0.364 bits per heavy atom. The molecule has 0 aromatic carbocycles. The zero-order valence-corrected chi connectivity index (χ0v) is 42.3. The van der Waals surface area contributed by atoms with Crippen molar-refractivity contribution in [2.24, 2.45) is 105 Å².